The molecular formula is C18H26N2O3S. The van der Waals surface area contributed by atoms with Gasteiger partial charge in [-0.25, -0.2) is 0 Å². The van der Waals surface area contributed by atoms with Gasteiger partial charge in [0.2, 0.25) is 5.91 Å². The van der Waals surface area contributed by atoms with E-state index in [1.807, 2.05) is 11.8 Å². The summed E-state index contributed by atoms with van der Waals surface area (Å²) < 4.78 is 5.42. The van der Waals surface area contributed by atoms with Crippen molar-refractivity contribution in [3.63, 3.8) is 0 Å². The van der Waals surface area contributed by atoms with Crippen LogP contribution in [0.25, 0.3) is 0 Å². The number of carbonyl (C=O) groups is 2. The highest BCUT2D eigenvalue weighted by Crippen LogP contribution is 2.44. The van der Waals surface area contributed by atoms with E-state index in [1.54, 1.807) is 18.3 Å². The van der Waals surface area contributed by atoms with E-state index >= 15 is 0 Å². The molecule has 3 heterocycles. The topological polar surface area (TPSA) is 49.9 Å². The highest BCUT2D eigenvalue weighted by atomic mass is 32.1. The molecule has 0 aliphatic carbocycles. The van der Waals surface area contributed by atoms with Crippen molar-refractivity contribution in [3.8, 4) is 0 Å². The summed E-state index contributed by atoms with van der Waals surface area (Å²) in [4.78, 5) is 30.3. The van der Waals surface area contributed by atoms with Crippen molar-refractivity contribution in [1.82, 2.24) is 9.80 Å². The Morgan fingerprint density at radius 1 is 1.42 bits per heavy atom. The van der Waals surface area contributed by atoms with Crippen LogP contribution in [0.3, 0.4) is 0 Å². The van der Waals surface area contributed by atoms with Gasteiger partial charge in [0.15, 0.2) is 0 Å². The Morgan fingerprint density at radius 2 is 2.25 bits per heavy atom. The second-order valence-electron chi connectivity index (χ2n) is 6.89. The molecule has 5 nitrogen and oxygen atoms in total. The highest BCUT2D eigenvalue weighted by Gasteiger charge is 2.54. The molecule has 1 amide bonds. The Labute approximate surface area is 147 Å². The van der Waals surface area contributed by atoms with Gasteiger partial charge in [-0.05, 0) is 37.8 Å². The van der Waals surface area contributed by atoms with Crippen LogP contribution in [0, 0.1) is 11.3 Å². The number of ether oxygens (including phenoxy) is 1. The summed E-state index contributed by atoms with van der Waals surface area (Å²) in [7, 11) is 0. The van der Waals surface area contributed by atoms with Gasteiger partial charge < -0.3 is 9.64 Å². The molecule has 6 heteroatoms. The number of thiophene rings is 1. The normalized spacial score (nSPS) is 27.6. The Hall–Kier alpha value is -1.40. The van der Waals surface area contributed by atoms with Crippen LogP contribution in [0.15, 0.2) is 17.5 Å². The second-order valence-corrected chi connectivity index (χ2v) is 7.92. The molecule has 132 valence electrons. The minimum atomic E-state index is -0.522. The average molecular weight is 350 g/mol. The number of carbonyl (C=O) groups excluding carboxylic acids is 2. The molecule has 0 unspecified atom stereocenters. The van der Waals surface area contributed by atoms with E-state index in [9.17, 15) is 9.59 Å². The first-order valence-corrected chi connectivity index (χ1v) is 9.60. The zero-order valence-electron chi connectivity index (χ0n) is 14.5. The largest absolute Gasteiger partial charge is 0.466 e. The van der Waals surface area contributed by atoms with E-state index in [-0.39, 0.29) is 17.8 Å². The maximum atomic E-state index is 12.8. The maximum absolute atomic E-state index is 12.8. The van der Waals surface area contributed by atoms with Gasteiger partial charge in [-0.1, -0.05) is 6.07 Å². The van der Waals surface area contributed by atoms with Gasteiger partial charge in [-0.3, -0.25) is 14.5 Å². The molecule has 1 aromatic rings. The third-order valence-electron chi connectivity index (χ3n) is 5.36. The number of hydrogen-bond donors (Lipinski definition) is 0. The summed E-state index contributed by atoms with van der Waals surface area (Å²) in [5, 5.41) is 2.10. The van der Waals surface area contributed by atoms with Crippen LogP contribution in [-0.2, 0) is 20.9 Å². The van der Waals surface area contributed by atoms with Crippen LogP contribution in [0.1, 0.15) is 31.6 Å². The van der Waals surface area contributed by atoms with Crippen molar-refractivity contribution in [2.24, 2.45) is 11.3 Å². The van der Waals surface area contributed by atoms with Crippen molar-refractivity contribution in [3.05, 3.63) is 22.4 Å². The summed E-state index contributed by atoms with van der Waals surface area (Å²) in [6.07, 6.45) is 1.77. The van der Waals surface area contributed by atoms with Crippen molar-refractivity contribution < 1.29 is 14.3 Å². The molecular weight excluding hydrogens is 324 g/mol. The van der Waals surface area contributed by atoms with Crippen molar-refractivity contribution in [2.75, 3.05) is 32.8 Å². The number of esters is 1. The molecule has 0 radical (unpaired) electrons. The number of fused-ring (bicyclic) bond motifs is 1. The molecule has 0 bridgehead atoms. The fourth-order valence-electron chi connectivity index (χ4n) is 4.13. The monoisotopic (exact) mass is 350 g/mol. The lowest BCUT2D eigenvalue weighted by Gasteiger charge is -2.31. The predicted molar refractivity (Wildman–Crippen MR) is 93.6 cm³/mol. The zero-order valence-corrected chi connectivity index (χ0v) is 15.3. The second kappa shape index (κ2) is 7.23. The molecule has 3 rings (SSSR count). The van der Waals surface area contributed by atoms with Crippen molar-refractivity contribution >= 4 is 23.2 Å². The van der Waals surface area contributed by atoms with E-state index in [1.165, 1.54) is 4.88 Å². The summed E-state index contributed by atoms with van der Waals surface area (Å²) in [6, 6.07) is 4.23. The van der Waals surface area contributed by atoms with Crippen molar-refractivity contribution in [2.45, 2.75) is 33.2 Å². The molecule has 0 N–H and O–H groups in total. The molecule has 0 spiro atoms. The SMILES string of the molecule is CCOC(=O)[C@@]12CCCN(Cc3cccs3)C[C@@H]1CN(C(C)=O)C2. The van der Waals surface area contributed by atoms with Gasteiger partial charge in [-0.15, -0.1) is 11.3 Å². The standard InChI is InChI=1S/C18H26N2O3S/c1-3-23-17(22)18-7-5-8-19(12-16-6-4-9-24-16)10-15(18)11-20(13-18)14(2)21/h4,6,9,15H,3,5,7-8,10-13H2,1-2H3/t15-,18-/m1/s1. The first-order chi connectivity index (χ1) is 11.5. The Balaban J connectivity index is 1.80. The third kappa shape index (κ3) is 3.35. The molecule has 2 fully saturated rings. The summed E-state index contributed by atoms with van der Waals surface area (Å²) >= 11 is 1.77. The summed E-state index contributed by atoms with van der Waals surface area (Å²) in [6.45, 7) is 7.78. The predicted octanol–water partition coefficient (Wildman–Crippen LogP) is 2.37. The molecule has 2 saturated heterocycles. The fourth-order valence-corrected chi connectivity index (χ4v) is 4.87. The number of amides is 1. The molecule has 24 heavy (non-hydrogen) atoms. The Kier molecular flexibility index (Phi) is 5.25. The molecule has 2 atom stereocenters. The Morgan fingerprint density at radius 3 is 2.92 bits per heavy atom. The van der Waals surface area contributed by atoms with Crippen molar-refractivity contribution in [1.29, 1.82) is 0 Å². The lowest BCUT2D eigenvalue weighted by molar-refractivity contribution is -0.157. The van der Waals surface area contributed by atoms with E-state index in [2.05, 4.69) is 22.4 Å². The molecule has 0 aromatic carbocycles. The van der Waals surface area contributed by atoms with Crippen LogP contribution in [0.4, 0.5) is 0 Å². The van der Waals surface area contributed by atoms with Crippen LogP contribution < -0.4 is 0 Å². The van der Waals surface area contributed by atoms with Gasteiger partial charge in [0.05, 0.1) is 12.0 Å². The van der Waals surface area contributed by atoms with Gasteiger partial charge in [0.1, 0.15) is 0 Å². The first kappa shape index (κ1) is 17.4. The van der Waals surface area contributed by atoms with Crippen LogP contribution in [0.5, 0.6) is 0 Å². The molecule has 0 saturated carbocycles. The molecule has 1 aromatic heterocycles. The van der Waals surface area contributed by atoms with Crippen LogP contribution in [-0.4, -0.2) is 54.5 Å². The number of hydrogen-bond acceptors (Lipinski definition) is 5. The Bertz CT molecular complexity index is 589. The first-order valence-electron chi connectivity index (χ1n) is 8.72. The quantitative estimate of drug-likeness (QED) is 0.783. The zero-order chi connectivity index (χ0) is 17.2. The highest BCUT2D eigenvalue weighted by molar-refractivity contribution is 7.09. The van der Waals surface area contributed by atoms with Gasteiger partial charge >= 0.3 is 5.97 Å². The number of nitrogens with zero attached hydrogens (tertiary/aromatic N) is 2. The maximum Gasteiger partial charge on any atom is 0.314 e. The van der Waals surface area contributed by atoms with E-state index in [0.717, 1.165) is 32.5 Å². The van der Waals surface area contributed by atoms with E-state index in [4.69, 9.17) is 4.74 Å². The van der Waals surface area contributed by atoms with Gasteiger partial charge in [0.25, 0.3) is 0 Å². The van der Waals surface area contributed by atoms with Gasteiger partial charge in [-0.2, -0.15) is 0 Å². The molecule has 2 aliphatic rings. The minimum absolute atomic E-state index is 0.0524. The summed E-state index contributed by atoms with van der Waals surface area (Å²) in [5.41, 5.74) is -0.522. The van der Waals surface area contributed by atoms with E-state index in [0.29, 0.717) is 19.7 Å². The molecule has 2 aliphatic heterocycles. The number of likely N-dealkylation sites (tertiary alicyclic amines) is 2. The lowest BCUT2D eigenvalue weighted by atomic mass is 9.75. The summed E-state index contributed by atoms with van der Waals surface area (Å²) in [5.74, 6) is 0.0937. The van der Waals surface area contributed by atoms with Gasteiger partial charge in [0, 0.05) is 43.9 Å². The lowest BCUT2D eigenvalue weighted by Crippen LogP contribution is -2.42. The van der Waals surface area contributed by atoms with E-state index < -0.39 is 5.41 Å². The fraction of sp³-hybridized carbons (Fsp3) is 0.667. The smallest absolute Gasteiger partial charge is 0.314 e. The minimum Gasteiger partial charge on any atom is -0.466 e. The average Bonchev–Trinajstić information content (AvgIpc) is 3.13. The number of rotatable bonds is 4. The van der Waals surface area contributed by atoms with Crippen LogP contribution in [0.2, 0.25) is 0 Å². The van der Waals surface area contributed by atoms with Crippen LogP contribution >= 0.6 is 11.3 Å². The third-order valence-corrected chi connectivity index (χ3v) is 6.22.